The summed E-state index contributed by atoms with van der Waals surface area (Å²) in [5, 5.41) is 11.7. The van der Waals surface area contributed by atoms with Crippen molar-refractivity contribution in [2.45, 2.75) is 0 Å². The van der Waals surface area contributed by atoms with Crippen molar-refractivity contribution >= 4 is 5.82 Å². The average Bonchev–Trinajstić information content (AvgIpc) is 1.87. The van der Waals surface area contributed by atoms with Crippen LogP contribution in [0, 0.1) is 6.07 Å². The third-order valence-electron chi connectivity index (χ3n) is 0.538. The summed E-state index contributed by atoms with van der Waals surface area (Å²) < 4.78 is 0. The van der Waals surface area contributed by atoms with Crippen molar-refractivity contribution in [1.82, 2.24) is 9.94 Å². The van der Waals surface area contributed by atoms with E-state index < -0.39 is 0 Å². The summed E-state index contributed by atoms with van der Waals surface area (Å²) in [6.45, 7) is 0. The Kier molecular flexibility index (Phi) is 3.01. The van der Waals surface area contributed by atoms with Crippen molar-refractivity contribution in [3.05, 3.63) is 12.3 Å². The normalized spacial score (nSPS) is 8.00. The molecule has 0 atom stereocenters. The Morgan fingerprint density at radius 2 is 2.50 bits per heavy atom. The van der Waals surface area contributed by atoms with Crippen LogP contribution < -0.4 is 5.73 Å². The molecule has 41 valence electrons. The maximum atomic E-state index is 8.35. The number of nitrogens with two attached hydrogens (primary N) is 1. The van der Waals surface area contributed by atoms with E-state index in [2.05, 4.69) is 11.2 Å². The Balaban J connectivity index is 0.000000490. The quantitative estimate of drug-likeness (QED) is 0.425. The van der Waals surface area contributed by atoms with Gasteiger partial charge in [-0.25, -0.2) is 0 Å². The zero-order valence-electron chi connectivity index (χ0n) is 4.07. The summed E-state index contributed by atoms with van der Waals surface area (Å²) in [7, 11) is 0. The van der Waals surface area contributed by atoms with Gasteiger partial charge in [0, 0.05) is 32.7 Å². The number of rotatable bonds is 0. The molecule has 3 N–H and O–H groups in total. The molecule has 0 bridgehead atoms. The van der Waals surface area contributed by atoms with E-state index in [0.717, 1.165) is 0 Å². The maximum absolute atomic E-state index is 8.35. The zero-order chi connectivity index (χ0) is 5.28. The Bertz CT molecular complexity index is 147. The molecule has 5 heteroatoms. The molecule has 0 spiro atoms. The summed E-state index contributed by atoms with van der Waals surface area (Å²) in [5.41, 5.74) is 5.03. The van der Waals surface area contributed by atoms with Crippen molar-refractivity contribution in [3.63, 3.8) is 0 Å². The van der Waals surface area contributed by atoms with Gasteiger partial charge in [0.1, 0.15) is 0 Å². The molecule has 1 aromatic heterocycles. The fourth-order valence-electron chi connectivity index (χ4n) is 0.292. The summed E-state index contributed by atoms with van der Waals surface area (Å²) in [6, 6.07) is 2.45. The average molecular weight is 187 g/mol. The summed E-state index contributed by atoms with van der Waals surface area (Å²) in [6.07, 6.45) is 1.23. The second-order valence-corrected chi connectivity index (χ2v) is 1.08. The molecular weight excluding hydrogens is 183 g/mol. The smallest absolute Gasteiger partial charge is 0 e. The van der Waals surface area contributed by atoms with Crippen molar-refractivity contribution in [2.24, 2.45) is 0 Å². The van der Waals surface area contributed by atoms with Crippen LogP contribution in [0.3, 0.4) is 0 Å². The van der Waals surface area contributed by atoms with E-state index in [-0.39, 0.29) is 38.5 Å². The van der Waals surface area contributed by atoms with Crippen molar-refractivity contribution in [2.75, 3.05) is 5.73 Å². The SMILES string of the molecule is Nc1[c-]cn(O)n1.[Y]. The first-order valence-electron chi connectivity index (χ1n) is 1.71. The summed E-state index contributed by atoms with van der Waals surface area (Å²) in [4.78, 5) is 0.606. The Hall–Kier alpha value is -0.0861. The van der Waals surface area contributed by atoms with Gasteiger partial charge in [0.05, 0.1) is 0 Å². The Morgan fingerprint density at radius 1 is 1.88 bits per heavy atom. The molecular formula is C3H4N3OY-. The van der Waals surface area contributed by atoms with Gasteiger partial charge in [-0.2, -0.15) is 5.10 Å². The van der Waals surface area contributed by atoms with E-state index in [1.165, 1.54) is 6.20 Å². The molecule has 1 heterocycles. The van der Waals surface area contributed by atoms with Crippen LogP contribution in [0.2, 0.25) is 0 Å². The molecule has 0 saturated heterocycles. The molecule has 1 radical (unpaired) electrons. The van der Waals surface area contributed by atoms with E-state index >= 15 is 0 Å². The number of nitrogen functional groups attached to an aromatic ring is 1. The first kappa shape index (κ1) is 7.91. The van der Waals surface area contributed by atoms with Crippen LogP contribution in [0.5, 0.6) is 0 Å². The number of hydrogen-bond acceptors (Lipinski definition) is 3. The van der Waals surface area contributed by atoms with Crippen molar-refractivity contribution < 1.29 is 37.9 Å². The van der Waals surface area contributed by atoms with Gasteiger partial charge in [0.15, 0.2) is 0 Å². The molecule has 1 rings (SSSR count). The third kappa shape index (κ3) is 1.80. The second-order valence-electron chi connectivity index (χ2n) is 1.08. The zero-order valence-corrected chi connectivity index (χ0v) is 6.91. The fourth-order valence-corrected chi connectivity index (χ4v) is 0.292. The van der Waals surface area contributed by atoms with Gasteiger partial charge in [-0.05, 0) is 5.82 Å². The predicted octanol–water partition coefficient (Wildman–Crippen LogP) is -0.500. The van der Waals surface area contributed by atoms with Crippen LogP contribution in [0.25, 0.3) is 0 Å². The van der Waals surface area contributed by atoms with Crippen molar-refractivity contribution in [3.8, 4) is 0 Å². The predicted molar refractivity (Wildman–Crippen MR) is 22.7 cm³/mol. The molecule has 8 heavy (non-hydrogen) atoms. The molecule has 0 amide bonds. The molecule has 0 saturated carbocycles. The van der Waals surface area contributed by atoms with Crippen LogP contribution in [-0.4, -0.2) is 15.2 Å². The largest absolute Gasteiger partial charge is 0.414 e. The second kappa shape index (κ2) is 3.04. The number of aromatic nitrogens is 2. The minimum Gasteiger partial charge on any atom is -0.414 e. The fraction of sp³-hybridized carbons (Fsp3) is 0. The molecule has 0 aliphatic heterocycles. The van der Waals surface area contributed by atoms with E-state index in [1.807, 2.05) is 0 Å². The standard InChI is InChI=1S/C3H4N3O.Y/c4-3-1-2-6(7)5-3;/h2,7H,(H2,4,5);/q-1;. The Morgan fingerprint density at radius 3 is 2.62 bits per heavy atom. The summed E-state index contributed by atoms with van der Waals surface area (Å²) >= 11 is 0. The molecule has 0 aliphatic carbocycles. The first-order valence-corrected chi connectivity index (χ1v) is 1.71. The number of nitrogens with zero attached hydrogens (tertiary/aromatic N) is 2. The van der Waals surface area contributed by atoms with E-state index in [1.54, 1.807) is 0 Å². The van der Waals surface area contributed by atoms with Crippen LogP contribution in [0.15, 0.2) is 6.20 Å². The van der Waals surface area contributed by atoms with E-state index in [9.17, 15) is 0 Å². The number of hydrogen-bond donors (Lipinski definition) is 2. The molecule has 4 nitrogen and oxygen atoms in total. The van der Waals surface area contributed by atoms with Gasteiger partial charge in [-0.3, -0.25) is 0 Å². The van der Waals surface area contributed by atoms with Crippen LogP contribution >= 0.6 is 0 Å². The molecule has 0 aromatic carbocycles. The van der Waals surface area contributed by atoms with E-state index in [0.29, 0.717) is 4.85 Å². The van der Waals surface area contributed by atoms with E-state index in [4.69, 9.17) is 10.9 Å². The van der Waals surface area contributed by atoms with Gasteiger partial charge in [0.2, 0.25) is 0 Å². The summed E-state index contributed by atoms with van der Waals surface area (Å²) in [5.74, 6) is 0.197. The minimum atomic E-state index is 0. The maximum Gasteiger partial charge on any atom is 0 e. The van der Waals surface area contributed by atoms with Gasteiger partial charge in [-0.15, -0.1) is 11.0 Å². The molecule has 1 aromatic rings. The Labute approximate surface area is 71.5 Å². The third-order valence-corrected chi connectivity index (χ3v) is 0.538. The van der Waals surface area contributed by atoms with Gasteiger partial charge in [-0.1, -0.05) is 0 Å². The molecule has 0 unspecified atom stereocenters. The van der Waals surface area contributed by atoms with Gasteiger partial charge < -0.3 is 17.0 Å². The first-order chi connectivity index (χ1) is 3.29. The van der Waals surface area contributed by atoms with Crippen LogP contribution in [0.4, 0.5) is 5.82 Å². The van der Waals surface area contributed by atoms with Crippen LogP contribution in [-0.2, 0) is 32.7 Å². The van der Waals surface area contributed by atoms with Gasteiger partial charge in [0.25, 0.3) is 0 Å². The molecule has 0 fully saturated rings. The van der Waals surface area contributed by atoms with Gasteiger partial charge >= 0.3 is 0 Å². The number of anilines is 1. The van der Waals surface area contributed by atoms with Crippen LogP contribution in [0.1, 0.15) is 0 Å². The monoisotopic (exact) mass is 187 g/mol. The minimum absolute atomic E-state index is 0. The topological polar surface area (TPSA) is 64.1 Å². The molecule has 0 aliphatic rings. The van der Waals surface area contributed by atoms with Crippen molar-refractivity contribution in [1.29, 1.82) is 0 Å².